The third-order valence-electron chi connectivity index (χ3n) is 4.95. The van der Waals surface area contributed by atoms with Crippen LogP contribution in [0.4, 0.5) is 0 Å². The lowest BCUT2D eigenvalue weighted by atomic mass is 9.82. The number of alkyl halides is 1. The minimum atomic E-state index is -0.493. The molecule has 4 nitrogen and oxygen atoms in total. The Morgan fingerprint density at radius 1 is 1.42 bits per heavy atom. The summed E-state index contributed by atoms with van der Waals surface area (Å²) in [6, 6.07) is 3.51. The minimum Gasteiger partial charge on any atom is -0.486 e. The summed E-state index contributed by atoms with van der Waals surface area (Å²) in [5, 5.41) is 0.558. The zero-order chi connectivity index (χ0) is 17.5. The number of piperidine rings is 1. The molecular formula is C18H21BrClNO3. The first-order valence-corrected chi connectivity index (χ1v) is 9.60. The van der Waals surface area contributed by atoms with E-state index in [0.717, 1.165) is 12.0 Å². The zero-order valence-corrected chi connectivity index (χ0v) is 16.2. The maximum Gasteiger partial charge on any atom is 0.236 e. The number of amides is 1. The van der Waals surface area contributed by atoms with Gasteiger partial charge in [0.1, 0.15) is 11.4 Å². The Labute approximate surface area is 155 Å². The third-order valence-corrected chi connectivity index (χ3v) is 6.21. The largest absolute Gasteiger partial charge is 0.486 e. The van der Waals surface area contributed by atoms with Crippen molar-refractivity contribution in [2.75, 3.05) is 13.1 Å². The number of rotatable bonds is 2. The Balaban J connectivity index is 1.78. The lowest BCUT2D eigenvalue weighted by Gasteiger charge is -2.44. The number of carbonyl (C=O) groups excluding carboxylic acids is 2. The van der Waals surface area contributed by atoms with Crippen molar-refractivity contribution in [1.82, 2.24) is 4.90 Å². The van der Waals surface area contributed by atoms with Crippen LogP contribution < -0.4 is 4.74 Å². The molecule has 0 saturated carbocycles. The molecule has 0 aromatic heterocycles. The van der Waals surface area contributed by atoms with Crippen LogP contribution in [0.15, 0.2) is 12.1 Å². The molecule has 0 bridgehead atoms. The monoisotopic (exact) mass is 413 g/mol. The SMILES string of the molecule is CCC(Br)C(=O)N1CCC2(CC1)CC(=O)c1cc(Cl)cc(C)c1O2. The van der Waals surface area contributed by atoms with Crippen molar-refractivity contribution in [2.45, 2.75) is 50.0 Å². The summed E-state index contributed by atoms with van der Waals surface area (Å²) in [7, 11) is 0. The maximum atomic E-state index is 12.6. The molecule has 1 spiro atoms. The van der Waals surface area contributed by atoms with E-state index in [1.54, 1.807) is 6.07 Å². The molecule has 1 unspecified atom stereocenters. The average Bonchev–Trinajstić information content (AvgIpc) is 2.55. The molecule has 0 aliphatic carbocycles. The van der Waals surface area contributed by atoms with Crippen molar-refractivity contribution in [2.24, 2.45) is 0 Å². The molecular weight excluding hydrogens is 394 g/mol. The standard InChI is InChI=1S/C18H21BrClNO3/c1-3-14(19)17(23)21-6-4-18(5-7-21)10-15(22)13-9-12(20)8-11(2)16(13)24-18/h8-9,14H,3-7,10H2,1-2H3. The van der Waals surface area contributed by atoms with Crippen molar-refractivity contribution in [3.8, 4) is 5.75 Å². The molecule has 2 aliphatic rings. The predicted molar refractivity (Wildman–Crippen MR) is 97.3 cm³/mol. The number of aryl methyl sites for hydroxylation is 1. The van der Waals surface area contributed by atoms with Gasteiger partial charge in [-0.25, -0.2) is 0 Å². The summed E-state index contributed by atoms with van der Waals surface area (Å²) in [6.07, 6.45) is 2.47. The van der Waals surface area contributed by atoms with E-state index < -0.39 is 5.60 Å². The van der Waals surface area contributed by atoms with Gasteiger partial charge in [0.25, 0.3) is 0 Å². The summed E-state index contributed by atoms with van der Waals surface area (Å²) in [5.41, 5.74) is 0.971. The number of likely N-dealkylation sites (tertiary alicyclic amines) is 1. The normalized spacial score (nSPS) is 20.5. The van der Waals surface area contributed by atoms with Crippen molar-refractivity contribution >= 4 is 39.2 Å². The van der Waals surface area contributed by atoms with E-state index in [-0.39, 0.29) is 16.5 Å². The second-order valence-electron chi connectivity index (χ2n) is 6.69. The molecule has 1 atom stereocenters. The van der Waals surface area contributed by atoms with E-state index in [2.05, 4.69) is 15.9 Å². The van der Waals surface area contributed by atoms with Crippen LogP contribution in [0.5, 0.6) is 5.75 Å². The molecule has 24 heavy (non-hydrogen) atoms. The number of nitrogens with zero attached hydrogens (tertiary/aromatic N) is 1. The fourth-order valence-corrected chi connectivity index (χ4v) is 4.06. The lowest BCUT2D eigenvalue weighted by molar-refractivity contribution is -0.134. The van der Waals surface area contributed by atoms with Gasteiger partial charge in [0, 0.05) is 31.0 Å². The van der Waals surface area contributed by atoms with E-state index >= 15 is 0 Å². The molecule has 0 N–H and O–H groups in total. The molecule has 1 fully saturated rings. The van der Waals surface area contributed by atoms with E-state index in [1.165, 1.54) is 0 Å². The fraction of sp³-hybridized carbons (Fsp3) is 0.556. The van der Waals surface area contributed by atoms with Gasteiger partial charge in [-0.2, -0.15) is 0 Å². The Kier molecular flexibility index (Phi) is 4.94. The van der Waals surface area contributed by atoms with E-state index in [1.807, 2.05) is 24.8 Å². The number of carbonyl (C=O) groups is 2. The van der Waals surface area contributed by atoms with Gasteiger partial charge in [-0.15, -0.1) is 0 Å². The van der Waals surface area contributed by atoms with Crippen molar-refractivity contribution in [3.63, 3.8) is 0 Å². The van der Waals surface area contributed by atoms with E-state index in [0.29, 0.717) is 48.7 Å². The summed E-state index contributed by atoms with van der Waals surface area (Å²) >= 11 is 9.49. The molecule has 1 aromatic rings. The number of halogens is 2. The van der Waals surface area contributed by atoms with Crippen molar-refractivity contribution in [3.05, 3.63) is 28.3 Å². The van der Waals surface area contributed by atoms with Crippen molar-refractivity contribution in [1.29, 1.82) is 0 Å². The molecule has 6 heteroatoms. The number of ether oxygens (including phenoxy) is 1. The number of ketones is 1. The Morgan fingerprint density at radius 3 is 2.71 bits per heavy atom. The van der Waals surface area contributed by atoms with Crippen LogP contribution >= 0.6 is 27.5 Å². The smallest absolute Gasteiger partial charge is 0.236 e. The van der Waals surface area contributed by atoms with Gasteiger partial charge in [-0.05, 0) is 31.0 Å². The van der Waals surface area contributed by atoms with Gasteiger partial charge in [0.05, 0.1) is 16.8 Å². The zero-order valence-electron chi connectivity index (χ0n) is 13.9. The minimum absolute atomic E-state index is 0.0774. The second-order valence-corrected chi connectivity index (χ2v) is 8.23. The number of fused-ring (bicyclic) bond motifs is 1. The molecule has 130 valence electrons. The topological polar surface area (TPSA) is 46.6 Å². The van der Waals surface area contributed by atoms with Crippen LogP contribution in [-0.4, -0.2) is 40.1 Å². The average molecular weight is 415 g/mol. The van der Waals surface area contributed by atoms with Gasteiger partial charge in [-0.1, -0.05) is 34.5 Å². The van der Waals surface area contributed by atoms with Gasteiger partial charge >= 0.3 is 0 Å². The first-order chi connectivity index (χ1) is 11.3. The van der Waals surface area contributed by atoms with Gasteiger partial charge < -0.3 is 9.64 Å². The van der Waals surface area contributed by atoms with E-state index in [4.69, 9.17) is 16.3 Å². The maximum absolute atomic E-state index is 12.6. The van der Waals surface area contributed by atoms with Crippen molar-refractivity contribution < 1.29 is 14.3 Å². The van der Waals surface area contributed by atoms with Gasteiger partial charge in [0.2, 0.25) is 5.91 Å². The Hall–Kier alpha value is -1.07. The highest BCUT2D eigenvalue weighted by molar-refractivity contribution is 9.10. The second kappa shape index (κ2) is 6.68. The third kappa shape index (κ3) is 3.21. The first kappa shape index (κ1) is 17.7. The lowest BCUT2D eigenvalue weighted by Crippen LogP contribution is -2.53. The number of hydrogen-bond acceptors (Lipinski definition) is 3. The van der Waals surface area contributed by atoms with Crippen LogP contribution in [0.2, 0.25) is 5.02 Å². The summed E-state index contributed by atoms with van der Waals surface area (Å²) < 4.78 is 6.30. The summed E-state index contributed by atoms with van der Waals surface area (Å²) in [4.78, 5) is 26.7. The summed E-state index contributed by atoms with van der Waals surface area (Å²) in [5.74, 6) is 0.855. The van der Waals surface area contributed by atoms with Crippen LogP contribution in [0.25, 0.3) is 0 Å². The fourth-order valence-electron chi connectivity index (χ4n) is 3.50. The molecule has 2 aliphatic heterocycles. The molecule has 1 aromatic carbocycles. The van der Waals surface area contributed by atoms with Crippen LogP contribution in [0.1, 0.15) is 48.5 Å². The Bertz CT molecular complexity index is 683. The van der Waals surface area contributed by atoms with E-state index in [9.17, 15) is 9.59 Å². The summed E-state index contributed by atoms with van der Waals surface area (Å²) in [6.45, 7) is 5.13. The first-order valence-electron chi connectivity index (χ1n) is 8.30. The number of hydrogen-bond donors (Lipinski definition) is 0. The molecule has 0 radical (unpaired) electrons. The number of benzene rings is 1. The highest BCUT2D eigenvalue weighted by Gasteiger charge is 2.44. The number of Topliss-reactive ketones (excluding diaryl/α,β-unsaturated/α-hetero) is 1. The quantitative estimate of drug-likeness (QED) is 0.683. The molecule has 2 heterocycles. The van der Waals surface area contributed by atoms with Gasteiger partial charge in [0.15, 0.2) is 5.78 Å². The molecule has 3 rings (SSSR count). The van der Waals surface area contributed by atoms with Crippen LogP contribution in [-0.2, 0) is 4.79 Å². The predicted octanol–water partition coefficient (Wildman–Crippen LogP) is 4.15. The highest BCUT2D eigenvalue weighted by atomic mass is 79.9. The molecule has 1 amide bonds. The van der Waals surface area contributed by atoms with Crippen LogP contribution in [0.3, 0.4) is 0 Å². The highest BCUT2D eigenvalue weighted by Crippen LogP contribution is 2.42. The van der Waals surface area contributed by atoms with Gasteiger partial charge in [-0.3, -0.25) is 9.59 Å². The Morgan fingerprint density at radius 2 is 2.08 bits per heavy atom. The molecule has 1 saturated heterocycles. The van der Waals surface area contributed by atoms with Crippen LogP contribution in [0, 0.1) is 6.92 Å².